The Morgan fingerprint density at radius 3 is 2.87 bits per heavy atom. The Bertz CT molecular complexity index is 733. The van der Waals surface area contributed by atoms with Gasteiger partial charge in [-0.15, -0.1) is 11.8 Å². The Labute approximate surface area is 142 Å². The highest BCUT2D eigenvalue weighted by Gasteiger charge is 2.36. The number of hydrogen-bond donors (Lipinski definition) is 1. The van der Waals surface area contributed by atoms with Crippen LogP contribution in [0.5, 0.6) is 0 Å². The number of anilines is 1. The molecule has 0 unspecified atom stereocenters. The lowest BCUT2D eigenvalue weighted by Crippen LogP contribution is -2.44. The normalized spacial score (nSPS) is 17.3. The first kappa shape index (κ1) is 15.9. The Kier molecular flexibility index (Phi) is 4.63. The number of carbonyl (C=O) groups is 2. The number of rotatable bonds is 3. The number of hydrogen-bond acceptors (Lipinski definition) is 6. The standard InChI is InChI=1S/C15H16N4O2S2/c1-9-3-4-11(10(2)5-9)17-14(20)13-7-22-8-19(13)15(21)12-6-16-23-18-12/h3-6,13H,7-8H2,1-2H3,(H,17,20)/t13-/m0/s1. The first-order chi connectivity index (χ1) is 11.1. The summed E-state index contributed by atoms with van der Waals surface area (Å²) in [6.45, 7) is 3.96. The van der Waals surface area contributed by atoms with E-state index in [9.17, 15) is 9.59 Å². The average molecular weight is 348 g/mol. The number of thioether (sulfide) groups is 1. The third-order valence-corrected chi connectivity index (χ3v) is 5.16. The van der Waals surface area contributed by atoms with Gasteiger partial charge in [0.05, 0.1) is 23.8 Å². The van der Waals surface area contributed by atoms with E-state index in [2.05, 4.69) is 14.1 Å². The highest BCUT2D eigenvalue weighted by molar-refractivity contribution is 7.99. The van der Waals surface area contributed by atoms with Gasteiger partial charge in [-0.05, 0) is 25.5 Å². The van der Waals surface area contributed by atoms with E-state index in [-0.39, 0.29) is 11.8 Å². The molecule has 6 nitrogen and oxygen atoms in total. The van der Waals surface area contributed by atoms with Crippen LogP contribution in [0.15, 0.2) is 24.4 Å². The highest BCUT2D eigenvalue weighted by Crippen LogP contribution is 2.25. The molecule has 23 heavy (non-hydrogen) atoms. The number of amides is 2. The number of nitrogens with one attached hydrogen (secondary N) is 1. The number of carbonyl (C=O) groups excluding carboxylic acids is 2. The van der Waals surface area contributed by atoms with Crippen LogP contribution in [-0.4, -0.2) is 43.1 Å². The van der Waals surface area contributed by atoms with Gasteiger partial charge < -0.3 is 10.2 Å². The molecule has 1 atom stereocenters. The summed E-state index contributed by atoms with van der Waals surface area (Å²) in [6, 6.07) is 5.37. The molecule has 8 heteroatoms. The van der Waals surface area contributed by atoms with E-state index >= 15 is 0 Å². The van der Waals surface area contributed by atoms with Gasteiger partial charge in [-0.3, -0.25) is 9.59 Å². The fourth-order valence-electron chi connectivity index (χ4n) is 2.44. The van der Waals surface area contributed by atoms with Crippen LogP contribution >= 0.6 is 23.5 Å². The lowest BCUT2D eigenvalue weighted by molar-refractivity contribution is -0.119. The molecule has 2 amide bonds. The monoisotopic (exact) mass is 348 g/mol. The fourth-order valence-corrected chi connectivity index (χ4v) is 4.00. The molecule has 0 aliphatic carbocycles. The van der Waals surface area contributed by atoms with Crippen LogP contribution in [0.4, 0.5) is 5.69 Å². The lowest BCUT2D eigenvalue weighted by Gasteiger charge is -2.22. The third-order valence-electron chi connectivity index (χ3n) is 3.67. The summed E-state index contributed by atoms with van der Waals surface area (Å²) in [5.41, 5.74) is 3.22. The van der Waals surface area contributed by atoms with Crippen LogP contribution in [0.2, 0.25) is 0 Å². The molecule has 1 aromatic heterocycles. The Hall–Kier alpha value is -1.93. The van der Waals surface area contributed by atoms with E-state index in [1.165, 1.54) is 6.20 Å². The van der Waals surface area contributed by atoms with Gasteiger partial charge in [0.1, 0.15) is 6.04 Å². The fraction of sp³-hybridized carbons (Fsp3) is 0.333. The zero-order valence-electron chi connectivity index (χ0n) is 12.8. The summed E-state index contributed by atoms with van der Waals surface area (Å²) in [4.78, 5) is 26.6. The van der Waals surface area contributed by atoms with Crippen LogP contribution in [0, 0.1) is 13.8 Å². The molecular weight excluding hydrogens is 332 g/mol. The topological polar surface area (TPSA) is 75.2 Å². The van der Waals surface area contributed by atoms with Gasteiger partial charge in [-0.25, -0.2) is 0 Å². The van der Waals surface area contributed by atoms with E-state index in [0.717, 1.165) is 28.5 Å². The van der Waals surface area contributed by atoms with Crippen molar-refractivity contribution in [1.82, 2.24) is 13.6 Å². The molecule has 1 fully saturated rings. The van der Waals surface area contributed by atoms with E-state index < -0.39 is 6.04 Å². The van der Waals surface area contributed by atoms with E-state index in [1.807, 2.05) is 32.0 Å². The molecule has 1 saturated heterocycles. The largest absolute Gasteiger partial charge is 0.324 e. The lowest BCUT2D eigenvalue weighted by atomic mass is 10.1. The van der Waals surface area contributed by atoms with Crippen LogP contribution in [0.3, 0.4) is 0 Å². The van der Waals surface area contributed by atoms with Gasteiger partial charge >= 0.3 is 0 Å². The molecular formula is C15H16N4O2S2. The molecule has 1 aromatic carbocycles. The predicted molar refractivity (Wildman–Crippen MR) is 91.7 cm³/mol. The molecule has 1 aliphatic rings. The second-order valence-electron chi connectivity index (χ2n) is 5.39. The maximum absolute atomic E-state index is 12.6. The van der Waals surface area contributed by atoms with Crippen molar-refractivity contribution in [2.45, 2.75) is 19.9 Å². The number of benzene rings is 1. The zero-order chi connectivity index (χ0) is 16.4. The molecule has 3 rings (SSSR count). The zero-order valence-corrected chi connectivity index (χ0v) is 14.4. The summed E-state index contributed by atoms with van der Waals surface area (Å²) in [5, 5.41) is 2.93. The van der Waals surface area contributed by atoms with Crippen LogP contribution in [0.1, 0.15) is 21.6 Å². The predicted octanol–water partition coefficient (Wildman–Crippen LogP) is 2.31. The van der Waals surface area contributed by atoms with Crippen molar-refractivity contribution in [2.24, 2.45) is 0 Å². The summed E-state index contributed by atoms with van der Waals surface area (Å²) in [5.74, 6) is 0.657. The van der Waals surface area contributed by atoms with E-state index in [0.29, 0.717) is 17.3 Å². The van der Waals surface area contributed by atoms with Gasteiger partial charge in [-0.1, -0.05) is 17.7 Å². The highest BCUT2D eigenvalue weighted by atomic mass is 32.2. The van der Waals surface area contributed by atoms with Gasteiger partial charge in [-0.2, -0.15) is 8.75 Å². The van der Waals surface area contributed by atoms with Crippen molar-refractivity contribution in [3.05, 3.63) is 41.2 Å². The average Bonchev–Trinajstić information content (AvgIpc) is 3.20. The van der Waals surface area contributed by atoms with Crippen molar-refractivity contribution >= 4 is 41.0 Å². The third kappa shape index (κ3) is 3.37. The van der Waals surface area contributed by atoms with Crippen molar-refractivity contribution in [3.8, 4) is 0 Å². The first-order valence-corrected chi connectivity index (χ1v) is 8.99. The molecule has 1 N–H and O–H groups in total. The SMILES string of the molecule is Cc1ccc(NC(=O)[C@@H]2CSCN2C(=O)c2cnsn2)c(C)c1. The summed E-state index contributed by atoms with van der Waals surface area (Å²) < 4.78 is 7.81. The quantitative estimate of drug-likeness (QED) is 0.921. The Morgan fingerprint density at radius 2 is 2.17 bits per heavy atom. The second kappa shape index (κ2) is 6.67. The second-order valence-corrected chi connectivity index (χ2v) is 6.95. The smallest absolute Gasteiger partial charge is 0.276 e. The molecule has 2 aromatic rings. The van der Waals surface area contributed by atoms with E-state index in [4.69, 9.17) is 0 Å². The van der Waals surface area contributed by atoms with Crippen molar-refractivity contribution in [2.75, 3.05) is 16.9 Å². The minimum Gasteiger partial charge on any atom is -0.324 e. The summed E-state index contributed by atoms with van der Waals surface area (Å²) >= 11 is 2.55. The molecule has 120 valence electrons. The molecule has 1 aliphatic heterocycles. The number of aryl methyl sites for hydroxylation is 2. The van der Waals surface area contributed by atoms with Gasteiger partial charge in [0, 0.05) is 11.4 Å². The minimum absolute atomic E-state index is 0.168. The van der Waals surface area contributed by atoms with Crippen molar-refractivity contribution in [3.63, 3.8) is 0 Å². The van der Waals surface area contributed by atoms with E-state index in [1.54, 1.807) is 16.7 Å². The summed E-state index contributed by atoms with van der Waals surface area (Å²) in [7, 11) is 0. The molecule has 0 bridgehead atoms. The number of aromatic nitrogens is 2. The van der Waals surface area contributed by atoms with Gasteiger partial charge in [0.25, 0.3) is 5.91 Å². The van der Waals surface area contributed by atoms with Gasteiger partial charge in [0.15, 0.2) is 5.69 Å². The van der Waals surface area contributed by atoms with Crippen LogP contribution in [-0.2, 0) is 4.79 Å². The maximum atomic E-state index is 12.6. The Balaban J connectivity index is 1.74. The van der Waals surface area contributed by atoms with Crippen LogP contribution in [0.25, 0.3) is 0 Å². The first-order valence-electron chi connectivity index (χ1n) is 7.10. The number of nitrogens with zero attached hydrogens (tertiary/aromatic N) is 3. The molecule has 0 radical (unpaired) electrons. The molecule has 0 saturated carbocycles. The maximum Gasteiger partial charge on any atom is 0.276 e. The van der Waals surface area contributed by atoms with Gasteiger partial charge in [0.2, 0.25) is 5.91 Å². The van der Waals surface area contributed by atoms with Crippen LogP contribution < -0.4 is 5.32 Å². The molecule has 0 spiro atoms. The minimum atomic E-state index is -0.491. The van der Waals surface area contributed by atoms with Crippen molar-refractivity contribution in [1.29, 1.82) is 0 Å². The molecule has 2 heterocycles. The van der Waals surface area contributed by atoms with Crippen molar-refractivity contribution < 1.29 is 9.59 Å². The summed E-state index contributed by atoms with van der Waals surface area (Å²) in [6.07, 6.45) is 1.44. The Morgan fingerprint density at radius 1 is 1.35 bits per heavy atom.